The van der Waals surface area contributed by atoms with E-state index in [1.54, 1.807) is 6.07 Å². The van der Waals surface area contributed by atoms with Gasteiger partial charge in [0.15, 0.2) is 0 Å². The summed E-state index contributed by atoms with van der Waals surface area (Å²) in [5, 5.41) is 0.577. The smallest absolute Gasteiger partial charge is 0.249 e. The van der Waals surface area contributed by atoms with Crippen molar-refractivity contribution >= 4 is 22.5 Å². The van der Waals surface area contributed by atoms with Crippen molar-refractivity contribution in [1.82, 2.24) is 9.97 Å². The summed E-state index contributed by atoms with van der Waals surface area (Å²) in [5.41, 5.74) is 0.0779. The van der Waals surface area contributed by atoms with E-state index in [9.17, 15) is 18.0 Å². The highest BCUT2D eigenvalue weighted by molar-refractivity contribution is 6.33. The largest absolute Gasteiger partial charge is 0.320 e. The lowest BCUT2D eigenvalue weighted by atomic mass is 9.99. The van der Waals surface area contributed by atoms with Crippen molar-refractivity contribution in [3.63, 3.8) is 0 Å². The number of benzene rings is 2. The highest BCUT2D eigenvalue weighted by atomic mass is 35.5. The molecule has 2 aromatic heterocycles. The number of H-pyrrole nitrogens is 1. The Kier molecular flexibility index (Phi) is 4.20. The fourth-order valence-corrected chi connectivity index (χ4v) is 3.29. The maximum Gasteiger partial charge on any atom is 0.249 e. The zero-order chi connectivity index (χ0) is 19.1. The minimum absolute atomic E-state index is 0.0414. The van der Waals surface area contributed by atoms with Gasteiger partial charge in [-0.3, -0.25) is 9.78 Å². The number of aromatic amines is 1. The number of aromatic nitrogens is 2. The van der Waals surface area contributed by atoms with Crippen LogP contribution in [-0.4, -0.2) is 9.97 Å². The van der Waals surface area contributed by atoms with Crippen LogP contribution >= 0.6 is 11.6 Å². The molecule has 0 bridgehead atoms. The van der Waals surface area contributed by atoms with Gasteiger partial charge in [-0.05, 0) is 42.0 Å². The monoisotopic (exact) mass is 386 g/mol. The van der Waals surface area contributed by atoms with E-state index in [1.165, 1.54) is 30.5 Å². The van der Waals surface area contributed by atoms with Gasteiger partial charge in [0.05, 0.1) is 16.1 Å². The van der Waals surface area contributed by atoms with Crippen LogP contribution in [-0.2, 0) is 0 Å². The van der Waals surface area contributed by atoms with Gasteiger partial charge in [-0.15, -0.1) is 0 Å². The molecule has 0 fully saturated rings. The Morgan fingerprint density at radius 1 is 0.926 bits per heavy atom. The Balaban J connectivity index is 2.09. The van der Waals surface area contributed by atoms with Crippen LogP contribution in [0.15, 0.2) is 59.5 Å². The van der Waals surface area contributed by atoms with Crippen molar-refractivity contribution in [2.75, 3.05) is 0 Å². The van der Waals surface area contributed by atoms with Gasteiger partial charge in [0.25, 0.3) is 0 Å². The summed E-state index contributed by atoms with van der Waals surface area (Å²) < 4.78 is 41.9. The number of pyridine rings is 2. The standard InChI is InChI=1S/C20H10ClF3N2O/c21-14-8-10(22)4-5-11(14)13-9-17(27)26-19-12(13)6-7-25-20(19)18-15(23)2-1-3-16(18)24/h1-9H,(H,26,27). The molecule has 4 rings (SSSR count). The van der Waals surface area contributed by atoms with E-state index in [-0.39, 0.29) is 21.8 Å². The van der Waals surface area contributed by atoms with Crippen LogP contribution in [0.3, 0.4) is 0 Å². The highest BCUT2D eigenvalue weighted by Crippen LogP contribution is 2.36. The predicted molar refractivity (Wildman–Crippen MR) is 98.1 cm³/mol. The Hall–Kier alpha value is -3.12. The number of hydrogen-bond acceptors (Lipinski definition) is 2. The molecule has 0 atom stereocenters. The molecule has 3 nitrogen and oxygen atoms in total. The molecule has 0 aliphatic rings. The third kappa shape index (κ3) is 2.98. The van der Waals surface area contributed by atoms with Gasteiger partial charge in [0.1, 0.15) is 23.1 Å². The lowest BCUT2D eigenvalue weighted by Gasteiger charge is -2.12. The highest BCUT2D eigenvalue weighted by Gasteiger charge is 2.18. The van der Waals surface area contributed by atoms with Crippen LogP contribution in [0.4, 0.5) is 13.2 Å². The van der Waals surface area contributed by atoms with E-state index in [0.717, 1.165) is 18.2 Å². The van der Waals surface area contributed by atoms with Crippen molar-refractivity contribution in [3.05, 3.63) is 87.6 Å². The molecule has 0 amide bonds. The molecular weight excluding hydrogens is 377 g/mol. The summed E-state index contributed by atoms with van der Waals surface area (Å²) in [6.45, 7) is 0. The number of hydrogen-bond donors (Lipinski definition) is 1. The molecule has 0 unspecified atom stereocenters. The summed E-state index contributed by atoms with van der Waals surface area (Å²) in [5.74, 6) is -2.13. The van der Waals surface area contributed by atoms with Crippen LogP contribution in [0.5, 0.6) is 0 Å². The first-order chi connectivity index (χ1) is 13.0. The van der Waals surface area contributed by atoms with E-state index in [4.69, 9.17) is 11.6 Å². The molecule has 134 valence electrons. The molecular formula is C20H10ClF3N2O. The summed E-state index contributed by atoms with van der Waals surface area (Å²) in [4.78, 5) is 18.9. The number of nitrogens with zero attached hydrogens (tertiary/aromatic N) is 1. The third-order valence-corrected chi connectivity index (χ3v) is 4.50. The average Bonchev–Trinajstić information content (AvgIpc) is 2.61. The lowest BCUT2D eigenvalue weighted by molar-refractivity contribution is 0.589. The van der Waals surface area contributed by atoms with Gasteiger partial charge < -0.3 is 4.98 Å². The van der Waals surface area contributed by atoms with Crippen molar-refractivity contribution < 1.29 is 13.2 Å². The second-order valence-corrected chi connectivity index (χ2v) is 6.26. The number of nitrogens with one attached hydrogen (secondary N) is 1. The molecule has 4 aromatic rings. The van der Waals surface area contributed by atoms with Crippen LogP contribution in [0.1, 0.15) is 0 Å². The molecule has 7 heteroatoms. The molecule has 0 saturated heterocycles. The van der Waals surface area contributed by atoms with Gasteiger partial charge >= 0.3 is 0 Å². The summed E-state index contributed by atoms with van der Waals surface area (Å²) in [6, 6.07) is 10.1. The molecule has 0 aliphatic carbocycles. The Bertz CT molecular complexity index is 1230. The second-order valence-electron chi connectivity index (χ2n) is 5.85. The molecule has 0 radical (unpaired) electrons. The van der Waals surface area contributed by atoms with Crippen LogP contribution in [0, 0.1) is 17.5 Å². The van der Waals surface area contributed by atoms with E-state index in [2.05, 4.69) is 9.97 Å². The Labute approximate surface area is 156 Å². The molecule has 2 heterocycles. The molecule has 0 spiro atoms. The first-order valence-corrected chi connectivity index (χ1v) is 8.25. The lowest BCUT2D eigenvalue weighted by Crippen LogP contribution is -2.07. The Morgan fingerprint density at radius 2 is 1.67 bits per heavy atom. The van der Waals surface area contributed by atoms with Crippen molar-refractivity contribution in [2.45, 2.75) is 0 Å². The fourth-order valence-electron chi connectivity index (χ4n) is 3.03. The normalized spacial score (nSPS) is 11.1. The zero-order valence-corrected chi connectivity index (χ0v) is 14.3. The van der Waals surface area contributed by atoms with Gasteiger partial charge in [-0.1, -0.05) is 17.7 Å². The Morgan fingerprint density at radius 3 is 2.37 bits per heavy atom. The summed E-state index contributed by atoms with van der Waals surface area (Å²) in [6.07, 6.45) is 1.38. The quantitative estimate of drug-likeness (QED) is 0.506. The van der Waals surface area contributed by atoms with Gasteiger partial charge in [-0.2, -0.15) is 0 Å². The van der Waals surface area contributed by atoms with Crippen molar-refractivity contribution in [1.29, 1.82) is 0 Å². The molecule has 27 heavy (non-hydrogen) atoms. The molecule has 0 saturated carbocycles. The van der Waals surface area contributed by atoms with E-state index in [0.29, 0.717) is 16.5 Å². The zero-order valence-electron chi connectivity index (χ0n) is 13.6. The van der Waals surface area contributed by atoms with Crippen LogP contribution in [0.25, 0.3) is 33.3 Å². The first kappa shape index (κ1) is 17.3. The SMILES string of the molecule is O=c1cc(-c2ccc(F)cc2Cl)c2ccnc(-c3c(F)cccc3F)c2[nH]1. The maximum atomic E-state index is 14.3. The topological polar surface area (TPSA) is 45.8 Å². The molecule has 1 N–H and O–H groups in total. The van der Waals surface area contributed by atoms with Crippen molar-refractivity contribution in [2.24, 2.45) is 0 Å². The number of fused-ring (bicyclic) bond motifs is 1. The molecule has 2 aromatic carbocycles. The average molecular weight is 387 g/mol. The third-order valence-electron chi connectivity index (χ3n) is 4.19. The number of rotatable bonds is 2. The van der Waals surface area contributed by atoms with Crippen LogP contribution in [0.2, 0.25) is 5.02 Å². The van der Waals surface area contributed by atoms with E-state index in [1.807, 2.05) is 0 Å². The second kappa shape index (κ2) is 6.55. The fraction of sp³-hybridized carbons (Fsp3) is 0. The summed E-state index contributed by atoms with van der Waals surface area (Å²) in [7, 11) is 0. The maximum absolute atomic E-state index is 14.3. The van der Waals surface area contributed by atoms with Crippen LogP contribution < -0.4 is 5.56 Å². The number of halogens is 4. The predicted octanol–water partition coefficient (Wildman–Crippen LogP) is 5.33. The van der Waals surface area contributed by atoms with E-state index < -0.39 is 23.0 Å². The minimum Gasteiger partial charge on any atom is -0.320 e. The first-order valence-electron chi connectivity index (χ1n) is 7.87. The van der Waals surface area contributed by atoms with Gasteiger partial charge in [-0.25, -0.2) is 13.2 Å². The molecule has 0 aliphatic heterocycles. The van der Waals surface area contributed by atoms with E-state index >= 15 is 0 Å². The van der Waals surface area contributed by atoms with Gasteiger partial charge in [0.2, 0.25) is 5.56 Å². The van der Waals surface area contributed by atoms with Crippen molar-refractivity contribution in [3.8, 4) is 22.4 Å². The van der Waals surface area contributed by atoms with Gasteiger partial charge in [0, 0.05) is 23.2 Å². The minimum atomic E-state index is -0.805. The summed E-state index contributed by atoms with van der Waals surface area (Å²) >= 11 is 6.14.